The minimum atomic E-state index is -5.08. The molecular formula is C18H27F3N4O3S. The van der Waals surface area contributed by atoms with Crippen LogP contribution in [0.1, 0.15) is 26.7 Å². The van der Waals surface area contributed by atoms with Crippen molar-refractivity contribution >= 4 is 28.3 Å². The number of aromatic nitrogens is 1. The minimum absolute atomic E-state index is 0.291. The van der Waals surface area contributed by atoms with Gasteiger partial charge < -0.3 is 14.9 Å². The van der Waals surface area contributed by atoms with Crippen molar-refractivity contribution in [2.75, 3.05) is 44.7 Å². The maximum atomic E-state index is 13.1. The van der Waals surface area contributed by atoms with Crippen LogP contribution in [-0.4, -0.2) is 83.3 Å². The average molecular weight is 437 g/mol. The van der Waals surface area contributed by atoms with Crippen LogP contribution in [0.4, 0.5) is 18.3 Å². The standard InChI is InChI=1S/C16H26N4OS.C2HF3O2/c1-13(2)12-20-10-9-18(3)16(14(20)21)4-7-19(8-5-16)15-17-6-11-22-15;3-2(4,5)1(6)7/h6,11,13H,4-5,7-10,12H2,1-3H3;(H,6,7). The number of carbonyl (C=O) groups excluding carboxylic acids is 1. The lowest BCUT2D eigenvalue weighted by atomic mass is 9.82. The summed E-state index contributed by atoms with van der Waals surface area (Å²) in [6.45, 7) is 8.93. The molecule has 0 radical (unpaired) electrons. The van der Waals surface area contributed by atoms with Gasteiger partial charge in [0.05, 0.1) is 0 Å². The summed E-state index contributed by atoms with van der Waals surface area (Å²) in [5.74, 6) is -1.89. The van der Waals surface area contributed by atoms with Gasteiger partial charge in [0.25, 0.3) is 0 Å². The fraction of sp³-hybridized carbons (Fsp3) is 0.722. The second-order valence-electron chi connectivity index (χ2n) is 7.70. The number of aliphatic carboxylic acids is 1. The quantitative estimate of drug-likeness (QED) is 0.785. The Morgan fingerprint density at radius 2 is 1.86 bits per heavy atom. The van der Waals surface area contributed by atoms with E-state index in [2.05, 4.69) is 40.6 Å². The van der Waals surface area contributed by atoms with E-state index in [1.54, 1.807) is 11.3 Å². The Bertz CT molecular complexity index is 689. The van der Waals surface area contributed by atoms with Gasteiger partial charge in [-0.25, -0.2) is 9.78 Å². The Morgan fingerprint density at radius 1 is 1.28 bits per heavy atom. The molecule has 0 saturated carbocycles. The van der Waals surface area contributed by atoms with E-state index in [9.17, 15) is 18.0 Å². The van der Waals surface area contributed by atoms with E-state index < -0.39 is 12.1 Å². The summed E-state index contributed by atoms with van der Waals surface area (Å²) in [5, 5.41) is 10.2. The summed E-state index contributed by atoms with van der Waals surface area (Å²) in [5.41, 5.74) is -0.291. The highest BCUT2D eigenvalue weighted by Crippen LogP contribution is 2.35. The monoisotopic (exact) mass is 436 g/mol. The fourth-order valence-corrected chi connectivity index (χ4v) is 4.39. The predicted octanol–water partition coefficient (Wildman–Crippen LogP) is 2.55. The molecule has 0 atom stereocenters. The second kappa shape index (κ2) is 9.29. The van der Waals surface area contributed by atoms with Crippen LogP contribution >= 0.6 is 11.3 Å². The lowest BCUT2D eigenvalue weighted by molar-refractivity contribution is -0.192. The van der Waals surface area contributed by atoms with Crippen LogP contribution in [0.3, 0.4) is 0 Å². The van der Waals surface area contributed by atoms with Gasteiger partial charge in [-0.2, -0.15) is 13.2 Å². The van der Waals surface area contributed by atoms with Crippen molar-refractivity contribution in [2.45, 2.75) is 38.4 Å². The summed E-state index contributed by atoms with van der Waals surface area (Å²) in [6.07, 6.45) is -1.43. The van der Waals surface area contributed by atoms with Crippen LogP contribution in [0, 0.1) is 5.92 Å². The molecule has 164 valence electrons. The number of halogens is 3. The van der Waals surface area contributed by atoms with E-state index in [0.717, 1.165) is 50.7 Å². The van der Waals surface area contributed by atoms with Gasteiger partial charge in [-0.1, -0.05) is 13.8 Å². The van der Waals surface area contributed by atoms with Crippen LogP contribution in [-0.2, 0) is 9.59 Å². The van der Waals surface area contributed by atoms with Gasteiger partial charge >= 0.3 is 12.1 Å². The predicted molar refractivity (Wildman–Crippen MR) is 104 cm³/mol. The van der Waals surface area contributed by atoms with E-state index in [1.165, 1.54) is 0 Å². The number of nitrogens with zero attached hydrogens (tertiary/aromatic N) is 4. The molecule has 2 aliphatic heterocycles. The molecule has 2 saturated heterocycles. The Kier molecular flexibility index (Phi) is 7.50. The molecule has 0 aliphatic carbocycles. The second-order valence-corrected chi connectivity index (χ2v) is 8.58. The lowest BCUT2D eigenvalue weighted by Gasteiger charge is -2.51. The molecule has 0 aromatic carbocycles. The molecule has 1 spiro atoms. The number of alkyl halides is 3. The first-order valence-electron chi connectivity index (χ1n) is 9.42. The molecule has 1 aromatic heterocycles. The Hall–Kier alpha value is -1.88. The van der Waals surface area contributed by atoms with Gasteiger partial charge in [-0.3, -0.25) is 9.69 Å². The fourth-order valence-electron chi connectivity index (χ4n) is 3.69. The number of rotatable bonds is 3. The highest BCUT2D eigenvalue weighted by molar-refractivity contribution is 7.13. The molecule has 2 aliphatic rings. The van der Waals surface area contributed by atoms with Crippen molar-refractivity contribution in [3.63, 3.8) is 0 Å². The lowest BCUT2D eigenvalue weighted by Crippen LogP contribution is -2.68. The van der Waals surface area contributed by atoms with Crippen LogP contribution in [0.25, 0.3) is 0 Å². The number of carbonyl (C=O) groups is 2. The van der Waals surface area contributed by atoms with Crippen LogP contribution < -0.4 is 4.90 Å². The molecule has 11 heteroatoms. The number of piperazine rings is 1. The van der Waals surface area contributed by atoms with Gasteiger partial charge in [0.1, 0.15) is 5.54 Å². The summed E-state index contributed by atoms with van der Waals surface area (Å²) in [7, 11) is 2.11. The van der Waals surface area contributed by atoms with Gasteiger partial charge in [0, 0.05) is 44.3 Å². The Balaban J connectivity index is 0.000000370. The number of hydrogen-bond donors (Lipinski definition) is 1. The van der Waals surface area contributed by atoms with Crippen LogP contribution in [0.5, 0.6) is 0 Å². The van der Waals surface area contributed by atoms with Crippen molar-refractivity contribution in [1.29, 1.82) is 0 Å². The summed E-state index contributed by atoms with van der Waals surface area (Å²) in [6, 6.07) is 0. The SMILES string of the molecule is CC(C)CN1CCN(C)C2(CCN(c3nccs3)CC2)C1=O.O=C(O)C(F)(F)F. The largest absolute Gasteiger partial charge is 0.490 e. The maximum Gasteiger partial charge on any atom is 0.490 e. The Morgan fingerprint density at radius 3 is 2.31 bits per heavy atom. The van der Waals surface area contributed by atoms with E-state index in [4.69, 9.17) is 9.90 Å². The number of likely N-dealkylation sites (N-methyl/N-ethyl adjacent to an activating group) is 1. The summed E-state index contributed by atoms with van der Waals surface area (Å²) in [4.78, 5) is 33.1. The smallest absolute Gasteiger partial charge is 0.475 e. The Labute approximate surface area is 172 Å². The first kappa shape index (κ1) is 23.4. The zero-order valence-electron chi connectivity index (χ0n) is 16.8. The highest BCUT2D eigenvalue weighted by atomic mass is 32.1. The van der Waals surface area contributed by atoms with E-state index in [1.807, 2.05) is 11.6 Å². The molecule has 0 unspecified atom stereocenters. The number of anilines is 1. The van der Waals surface area contributed by atoms with Crippen LogP contribution in [0.2, 0.25) is 0 Å². The van der Waals surface area contributed by atoms with Crippen molar-refractivity contribution in [3.05, 3.63) is 11.6 Å². The van der Waals surface area contributed by atoms with Gasteiger partial charge in [-0.15, -0.1) is 11.3 Å². The molecular weight excluding hydrogens is 409 g/mol. The number of piperidine rings is 1. The van der Waals surface area contributed by atoms with Gasteiger partial charge in [-0.05, 0) is 25.8 Å². The van der Waals surface area contributed by atoms with Crippen molar-refractivity contribution in [2.24, 2.45) is 5.92 Å². The van der Waals surface area contributed by atoms with Crippen LogP contribution in [0.15, 0.2) is 11.6 Å². The first-order valence-corrected chi connectivity index (χ1v) is 10.3. The number of carboxylic acids is 1. The van der Waals surface area contributed by atoms with Crippen molar-refractivity contribution in [1.82, 2.24) is 14.8 Å². The number of amides is 1. The molecule has 7 nitrogen and oxygen atoms in total. The van der Waals surface area contributed by atoms with Gasteiger partial charge in [0.2, 0.25) is 5.91 Å². The van der Waals surface area contributed by atoms with Gasteiger partial charge in [0.15, 0.2) is 5.13 Å². The highest BCUT2D eigenvalue weighted by Gasteiger charge is 2.49. The summed E-state index contributed by atoms with van der Waals surface area (Å²) >= 11 is 1.68. The zero-order chi connectivity index (χ0) is 21.8. The van der Waals surface area contributed by atoms with Crippen molar-refractivity contribution in [3.8, 4) is 0 Å². The molecule has 29 heavy (non-hydrogen) atoms. The van der Waals surface area contributed by atoms with E-state index in [0.29, 0.717) is 11.8 Å². The maximum absolute atomic E-state index is 13.1. The molecule has 1 aromatic rings. The topological polar surface area (TPSA) is 77.0 Å². The molecule has 1 N–H and O–H groups in total. The van der Waals surface area contributed by atoms with E-state index in [-0.39, 0.29) is 5.54 Å². The minimum Gasteiger partial charge on any atom is -0.475 e. The zero-order valence-corrected chi connectivity index (χ0v) is 17.6. The molecule has 2 fully saturated rings. The third kappa shape index (κ3) is 5.59. The number of thiazole rings is 1. The molecule has 3 heterocycles. The molecule has 1 amide bonds. The normalized spacial score (nSPS) is 20.0. The summed E-state index contributed by atoms with van der Waals surface area (Å²) < 4.78 is 31.7. The number of hydrogen-bond acceptors (Lipinski definition) is 6. The van der Waals surface area contributed by atoms with Crippen molar-refractivity contribution < 1.29 is 27.9 Å². The third-order valence-corrected chi connectivity index (χ3v) is 6.06. The molecule has 3 rings (SSSR count). The third-order valence-electron chi connectivity index (χ3n) is 5.23. The average Bonchev–Trinajstić information content (AvgIpc) is 3.17. The molecule has 0 bridgehead atoms. The van der Waals surface area contributed by atoms with E-state index >= 15 is 0 Å². The first-order chi connectivity index (χ1) is 13.5. The number of carboxylic acid groups (broad SMARTS) is 1.